The standard InChI is InChI=1S/C25H19BrF9NO4/c1-10-18(12-5-4-11(8-17(12)38-3)39-25(33,34)35)21(40-22(10,2)24(30,31)32)15-9-16(37)19-14(36-15)7-6-13(26)20(19)23(27,28)29/h4-10,18,21H,1-3H3,(H,36,37)/t10-,18-,21-,22+/m0/s1. The van der Waals surface area contributed by atoms with Crippen molar-refractivity contribution in [2.24, 2.45) is 5.92 Å². The molecule has 3 aromatic rings. The number of aromatic nitrogens is 1. The molecule has 0 spiro atoms. The number of methoxy groups -OCH3 is 1. The predicted octanol–water partition coefficient (Wildman–Crippen LogP) is 8.03. The highest BCUT2D eigenvalue weighted by atomic mass is 79.9. The van der Waals surface area contributed by atoms with Crippen LogP contribution in [0.2, 0.25) is 0 Å². The summed E-state index contributed by atoms with van der Waals surface area (Å²) in [6.07, 6.45) is -16.5. The molecule has 5 nitrogen and oxygen atoms in total. The molecule has 1 N–H and O–H groups in total. The van der Waals surface area contributed by atoms with Crippen LogP contribution >= 0.6 is 15.9 Å². The summed E-state index contributed by atoms with van der Waals surface area (Å²) in [5, 5.41) is -0.738. The minimum Gasteiger partial charge on any atom is -0.496 e. The number of H-pyrrole nitrogens is 1. The van der Waals surface area contributed by atoms with Crippen LogP contribution in [0.5, 0.6) is 11.5 Å². The van der Waals surface area contributed by atoms with Gasteiger partial charge < -0.3 is 19.2 Å². The number of halogens is 10. The molecule has 1 aliphatic rings. The van der Waals surface area contributed by atoms with Gasteiger partial charge >= 0.3 is 18.7 Å². The van der Waals surface area contributed by atoms with E-state index in [1.54, 1.807) is 0 Å². The number of benzene rings is 2. The molecule has 15 heteroatoms. The van der Waals surface area contributed by atoms with E-state index in [-0.39, 0.29) is 22.5 Å². The van der Waals surface area contributed by atoms with E-state index in [0.717, 1.165) is 50.4 Å². The van der Waals surface area contributed by atoms with Crippen molar-refractivity contribution in [2.45, 2.75) is 50.2 Å². The fourth-order valence-corrected chi connectivity index (χ4v) is 5.56. The molecule has 218 valence electrons. The summed E-state index contributed by atoms with van der Waals surface area (Å²) in [6, 6.07) is 5.71. The predicted molar refractivity (Wildman–Crippen MR) is 127 cm³/mol. The molecular weight excluding hydrogens is 629 g/mol. The summed E-state index contributed by atoms with van der Waals surface area (Å²) in [7, 11) is 1.09. The zero-order chi connectivity index (χ0) is 30.0. The van der Waals surface area contributed by atoms with E-state index in [1.165, 1.54) is 6.92 Å². The van der Waals surface area contributed by atoms with Crippen molar-refractivity contribution < 1.29 is 53.7 Å². The molecule has 4 rings (SSSR count). The van der Waals surface area contributed by atoms with Gasteiger partial charge in [-0.25, -0.2) is 0 Å². The van der Waals surface area contributed by atoms with Gasteiger partial charge in [-0.15, -0.1) is 13.2 Å². The van der Waals surface area contributed by atoms with E-state index in [2.05, 4.69) is 25.7 Å². The van der Waals surface area contributed by atoms with Gasteiger partial charge in [-0.05, 0) is 25.1 Å². The molecule has 0 aliphatic carbocycles. The van der Waals surface area contributed by atoms with Crippen molar-refractivity contribution >= 4 is 26.8 Å². The number of rotatable bonds is 4. The number of hydrogen-bond acceptors (Lipinski definition) is 4. The summed E-state index contributed by atoms with van der Waals surface area (Å²) in [5.41, 5.74) is -5.80. The maximum Gasteiger partial charge on any atom is 0.573 e. The fourth-order valence-electron chi connectivity index (χ4n) is 5.00. The maximum atomic E-state index is 14.3. The normalized spacial score (nSPS) is 24.0. The largest absolute Gasteiger partial charge is 0.573 e. The third-order valence-corrected chi connectivity index (χ3v) is 7.68. The molecule has 4 atom stereocenters. The Hall–Kier alpha value is -2.94. The highest BCUT2D eigenvalue weighted by molar-refractivity contribution is 9.10. The van der Waals surface area contributed by atoms with Crippen molar-refractivity contribution in [1.82, 2.24) is 4.98 Å². The van der Waals surface area contributed by atoms with Gasteiger partial charge in [0.05, 0.1) is 23.6 Å². The van der Waals surface area contributed by atoms with Crippen LogP contribution < -0.4 is 14.9 Å². The highest BCUT2D eigenvalue weighted by Crippen LogP contribution is 2.59. The molecule has 1 aromatic heterocycles. The Labute approximate surface area is 228 Å². The average molecular weight is 648 g/mol. The van der Waals surface area contributed by atoms with Gasteiger partial charge in [0, 0.05) is 39.7 Å². The van der Waals surface area contributed by atoms with Gasteiger partial charge in [-0.3, -0.25) is 4.79 Å². The Morgan fingerprint density at radius 2 is 1.65 bits per heavy atom. The lowest BCUT2D eigenvalue weighted by Gasteiger charge is -2.32. The van der Waals surface area contributed by atoms with Crippen LogP contribution in [0.15, 0.2) is 45.7 Å². The summed E-state index contributed by atoms with van der Waals surface area (Å²) in [5.74, 6) is -3.65. The van der Waals surface area contributed by atoms with Crippen LogP contribution in [-0.4, -0.2) is 30.2 Å². The third-order valence-electron chi connectivity index (χ3n) is 7.02. The third kappa shape index (κ3) is 5.24. The molecule has 0 radical (unpaired) electrons. The van der Waals surface area contributed by atoms with Crippen molar-refractivity contribution in [3.05, 3.63) is 67.9 Å². The Balaban J connectivity index is 1.93. The van der Waals surface area contributed by atoms with Crippen molar-refractivity contribution in [2.75, 3.05) is 7.11 Å². The van der Waals surface area contributed by atoms with Crippen molar-refractivity contribution in [1.29, 1.82) is 0 Å². The first-order valence-electron chi connectivity index (χ1n) is 11.4. The minimum absolute atomic E-state index is 0.00441. The number of pyridine rings is 1. The number of nitrogens with one attached hydrogen (secondary N) is 1. The topological polar surface area (TPSA) is 60.5 Å². The molecular formula is C25H19BrF9NO4. The molecule has 0 amide bonds. The second-order valence-corrected chi connectivity index (χ2v) is 10.2. The van der Waals surface area contributed by atoms with E-state index >= 15 is 0 Å². The molecule has 0 unspecified atom stereocenters. The fraction of sp³-hybridized carbons (Fsp3) is 0.400. The lowest BCUT2D eigenvalue weighted by atomic mass is 9.76. The van der Waals surface area contributed by atoms with Gasteiger partial charge in [0.15, 0.2) is 11.0 Å². The first kappa shape index (κ1) is 30.0. The van der Waals surface area contributed by atoms with E-state index in [4.69, 9.17) is 9.47 Å². The van der Waals surface area contributed by atoms with Crippen LogP contribution in [0.25, 0.3) is 10.9 Å². The van der Waals surface area contributed by atoms with Gasteiger partial charge in [0.1, 0.15) is 17.6 Å². The second kappa shape index (κ2) is 9.86. The van der Waals surface area contributed by atoms with Gasteiger partial charge in [-0.1, -0.05) is 28.9 Å². The van der Waals surface area contributed by atoms with Gasteiger partial charge in [-0.2, -0.15) is 26.3 Å². The molecule has 1 saturated heterocycles. The van der Waals surface area contributed by atoms with Crippen molar-refractivity contribution in [3.8, 4) is 11.5 Å². The first-order valence-corrected chi connectivity index (χ1v) is 12.2. The van der Waals surface area contributed by atoms with E-state index in [0.29, 0.717) is 0 Å². The van der Waals surface area contributed by atoms with E-state index in [1.807, 2.05) is 0 Å². The molecule has 0 saturated carbocycles. The average Bonchev–Trinajstić information content (AvgIpc) is 3.09. The SMILES string of the molecule is COc1cc(OC(F)(F)F)ccc1[C@H]1[C@H](c2cc(=O)c3c(C(F)(F)F)c(Br)ccc3[nH]2)O[C@@](C)(C(F)(F)F)[C@H]1C. The zero-order valence-corrected chi connectivity index (χ0v) is 22.2. The Bertz CT molecular complexity index is 1500. The number of aromatic amines is 1. The van der Waals surface area contributed by atoms with Crippen LogP contribution in [0.1, 0.15) is 42.7 Å². The summed E-state index contributed by atoms with van der Waals surface area (Å²) in [6.45, 7) is 1.98. The second-order valence-electron chi connectivity index (χ2n) is 9.34. The minimum atomic E-state index is -5.05. The van der Waals surface area contributed by atoms with Crippen LogP contribution in [0, 0.1) is 5.92 Å². The quantitative estimate of drug-likeness (QED) is 0.291. The molecule has 1 fully saturated rings. The molecule has 2 heterocycles. The van der Waals surface area contributed by atoms with Crippen LogP contribution in [-0.2, 0) is 10.9 Å². The van der Waals surface area contributed by atoms with E-state index in [9.17, 15) is 44.3 Å². The van der Waals surface area contributed by atoms with Crippen LogP contribution in [0.4, 0.5) is 39.5 Å². The summed E-state index contributed by atoms with van der Waals surface area (Å²) < 4.78 is 136. The summed E-state index contributed by atoms with van der Waals surface area (Å²) >= 11 is 2.78. The lowest BCUT2D eigenvalue weighted by molar-refractivity contribution is -0.275. The Kier molecular flexibility index (Phi) is 7.40. The molecule has 0 bridgehead atoms. The summed E-state index contributed by atoms with van der Waals surface area (Å²) in [4.78, 5) is 15.6. The smallest absolute Gasteiger partial charge is 0.496 e. The number of alkyl halides is 9. The monoisotopic (exact) mass is 647 g/mol. The molecule has 2 aromatic carbocycles. The van der Waals surface area contributed by atoms with Crippen LogP contribution in [0.3, 0.4) is 0 Å². The maximum absolute atomic E-state index is 14.3. The van der Waals surface area contributed by atoms with Gasteiger partial charge in [0.25, 0.3) is 0 Å². The lowest BCUT2D eigenvalue weighted by Crippen LogP contribution is -2.46. The number of fused-ring (bicyclic) bond motifs is 1. The Morgan fingerprint density at radius 3 is 2.20 bits per heavy atom. The first-order chi connectivity index (χ1) is 18.3. The molecule has 40 heavy (non-hydrogen) atoms. The number of hydrogen-bond donors (Lipinski definition) is 1. The van der Waals surface area contributed by atoms with Gasteiger partial charge in [0.2, 0.25) is 0 Å². The van der Waals surface area contributed by atoms with E-state index < -0.39 is 68.9 Å². The molecule has 1 aliphatic heterocycles. The Morgan fingerprint density at radius 1 is 1.00 bits per heavy atom. The zero-order valence-electron chi connectivity index (χ0n) is 20.6. The highest BCUT2D eigenvalue weighted by Gasteiger charge is 2.65. The van der Waals surface area contributed by atoms with Crippen molar-refractivity contribution in [3.63, 3.8) is 0 Å². The number of ether oxygens (including phenoxy) is 3.